The number of halogens is 4. The second kappa shape index (κ2) is 8.88. The van der Waals surface area contributed by atoms with Gasteiger partial charge < -0.3 is 15.4 Å². The molecule has 4 nitrogen and oxygen atoms in total. The average molecular weight is 403 g/mol. The van der Waals surface area contributed by atoms with E-state index in [0.29, 0.717) is 18.1 Å². The summed E-state index contributed by atoms with van der Waals surface area (Å²) in [6.45, 7) is -0.980. The van der Waals surface area contributed by atoms with Crippen molar-refractivity contribution in [3.05, 3.63) is 29.8 Å². The Hall–Kier alpha value is -1.19. The van der Waals surface area contributed by atoms with E-state index in [9.17, 15) is 13.2 Å². The van der Waals surface area contributed by atoms with E-state index in [2.05, 4.69) is 15.6 Å². The Balaban J connectivity index is 0.00000361. The second-order valence-electron chi connectivity index (χ2n) is 3.69. The summed E-state index contributed by atoms with van der Waals surface area (Å²) < 4.78 is 41.2. The molecule has 0 aliphatic carbocycles. The minimum Gasteiger partial charge on any atom is -0.484 e. The fraction of sp³-hybridized carbons (Fsp3) is 0.417. The molecule has 0 fully saturated rings. The van der Waals surface area contributed by atoms with Crippen molar-refractivity contribution in [2.45, 2.75) is 12.7 Å². The maximum atomic E-state index is 12.1. The number of benzene rings is 1. The van der Waals surface area contributed by atoms with Crippen LogP contribution in [-0.2, 0) is 6.54 Å². The molecular formula is C12H17F3IN3O. The van der Waals surface area contributed by atoms with Crippen molar-refractivity contribution >= 4 is 29.9 Å². The Kier molecular flexibility index (Phi) is 8.35. The number of aliphatic imine (C=N–C) groups is 1. The molecule has 0 radical (unpaired) electrons. The van der Waals surface area contributed by atoms with Crippen molar-refractivity contribution in [1.29, 1.82) is 0 Å². The molecule has 0 aliphatic rings. The molecule has 2 N–H and O–H groups in total. The van der Waals surface area contributed by atoms with E-state index in [0.717, 1.165) is 0 Å². The normalized spacial score (nSPS) is 11.6. The van der Waals surface area contributed by atoms with Crippen LogP contribution >= 0.6 is 24.0 Å². The van der Waals surface area contributed by atoms with Gasteiger partial charge in [0, 0.05) is 26.2 Å². The van der Waals surface area contributed by atoms with Gasteiger partial charge in [-0.05, 0) is 6.07 Å². The summed E-state index contributed by atoms with van der Waals surface area (Å²) in [6, 6.07) is 6.56. The molecule has 1 rings (SSSR count). The van der Waals surface area contributed by atoms with Crippen molar-refractivity contribution in [2.24, 2.45) is 4.99 Å². The second-order valence-corrected chi connectivity index (χ2v) is 3.69. The molecule has 1 aromatic carbocycles. The molecule has 0 heterocycles. The first kappa shape index (κ1) is 18.8. The molecule has 0 amide bonds. The van der Waals surface area contributed by atoms with Gasteiger partial charge in [-0.1, -0.05) is 18.2 Å². The van der Waals surface area contributed by atoms with Crippen LogP contribution in [-0.4, -0.2) is 32.8 Å². The molecule has 8 heteroatoms. The zero-order valence-corrected chi connectivity index (χ0v) is 13.5. The van der Waals surface area contributed by atoms with Gasteiger partial charge in [0.15, 0.2) is 12.6 Å². The largest absolute Gasteiger partial charge is 0.484 e. The minimum atomic E-state index is -4.35. The van der Waals surface area contributed by atoms with Crippen molar-refractivity contribution < 1.29 is 17.9 Å². The lowest BCUT2D eigenvalue weighted by atomic mass is 10.2. The molecule has 0 spiro atoms. The zero-order chi connectivity index (χ0) is 14.3. The van der Waals surface area contributed by atoms with Crippen LogP contribution in [0.25, 0.3) is 0 Å². The van der Waals surface area contributed by atoms with E-state index in [4.69, 9.17) is 4.74 Å². The van der Waals surface area contributed by atoms with Crippen LogP contribution in [0.1, 0.15) is 5.56 Å². The highest BCUT2D eigenvalue weighted by Crippen LogP contribution is 2.21. The third kappa shape index (κ3) is 6.83. The van der Waals surface area contributed by atoms with Crippen molar-refractivity contribution in [1.82, 2.24) is 10.6 Å². The summed E-state index contributed by atoms with van der Waals surface area (Å²) in [7, 11) is 3.30. The number of rotatable bonds is 4. The number of guanidine groups is 1. The maximum Gasteiger partial charge on any atom is 0.422 e. The van der Waals surface area contributed by atoms with Gasteiger partial charge in [-0.2, -0.15) is 13.2 Å². The molecule has 0 unspecified atom stereocenters. The highest BCUT2D eigenvalue weighted by Gasteiger charge is 2.28. The van der Waals surface area contributed by atoms with Gasteiger partial charge in [-0.15, -0.1) is 24.0 Å². The number of nitrogens with one attached hydrogen (secondary N) is 2. The van der Waals surface area contributed by atoms with Gasteiger partial charge in [0.2, 0.25) is 0 Å². The van der Waals surface area contributed by atoms with E-state index in [1.165, 1.54) is 6.07 Å². The number of alkyl halides is 3. The molecule has 1 aromatic rings. The van der Waals surface area contributed by atoms with Crippen LogP contribution in [0.15, 0.2) is 29.3 Å². The minimum absolute atomic E-state index is 0. The number of hydrogen-bond acceptors (Lipinski definition) is 2. The third-order valence-corrected chi connectivity index (χ3v) is 2.27. The fourth-order valence-electron chi connectivity index (χ4n) is 1.41. The van der Waals surface area contributed by atoms with Crippen molar-refractivity contribution in [3.63, 3.8) is 0 Å². The standard InChI is InChI=1S/C12H16F3N3O.HI/c1-16-11(17-2)18-7-9-5-3-4-6-10(9)19-8-12(13,14)15;/h3-6H,7-8H2,1-2H3,(H2,16,17,18);1H. The van der Waals surface area contributed by atoms with Gasteiger partial charge >= 0.3 is 6.18 Å². The number of hydrogen-bond donors (Lipinski definition) is 2. The van der Waals surface area contributed by atoms with Crippen LogP contribution in [0.2, 0.25) is 0 Å². The van der Waals surface area contributed by atoms with Crippen LogP contribution in [0, 0.1) is 0 Å². The Bertz CT molecular complexity index is 438. The lowest BCUT2D eigenvalue weighted by Gasteiger charge is -2.14. The van der Waals surface area contributed by atoms with Crippen LogP contribution in [0.4, 0.5) is 13.2 Å². The van der Waals surface area contributed by atoms with Crippen LogP contribution < -0.4 is 15.4 Å². The maximum absolute atomic E-state index is 12.1. The molecule has 0 saturated heterocycles. The molecule has 114 valence electrons. The van der Waals surface area contributed by atoms with E-state index >= 15 is 0 Å². The SMILES string of the molecule is CN=C(NC)NCc1ccccc1OCC(F)(F)F.I. The van der Waals surface area contributed by atoms with Crippen molar-refractivity contribution in [3.8, 4) is 5.75 Å². The van der Waals surface area contributed by atoms with Gasteiger partial charge in [0.25, 0.3) is 0 Å². The lowest BCUT2D eigenvalue weighted by molar-refractivity contribution is -0.153. The highest BCUT2D eigenvalue weighted by molar-refractivity contribution is 14.0. The first-order valence-corrected chi connectivity index (χ1v) is 5.62. The monoisotopic (exact) mass is 403 g/mol. The molecule has 0 bridgehead atoms. The summed E-state index contributed by atoms with van der Waals surface area (Å²) in [6.07, 6.45) is -4.35. The first-order valence-electron chi connectivity index (χ1n) is 5.62. The summed E-state index contributed by atoms with van der Waals surface area (Å²) in [5.41, 5.74) is 0.628. The summed E-state index contributed by atoms with van der Waals surface area (Å²) in [4.78, 5) is 3.91. The quantitative estimate of drug-likeness (QED) is 0.462. The Morgan fingerprint density at radius 3 is 2.50 bits per heavy atom. The lowest BCUT2D eigenvalue weighted by Crippen LogP contribution is -2.34. The Labute approximate surface area is 132 Å². The summed E-state index contributed by atoms with van der Waals surface area (Å²) >= 11 is 0. The van der Waals surface area contributed by atoms with Gasteiger partial charge in [-0.25, -0.2) is 0 Å². The number of para-hydroxylation sites is 1. The molecular weight excluding hydrogens is 386 g/mol. The Morgan fingerprint density at radius 1 is 1.30 bits per heavy atom. The zero-order valence-electron chi connectivity index (χ0n) is 11.1. The molecule has 0 aliphatic heterocycles. The Morgan fingerprint density at radius 2 is 1.95 bits per heavy atom. The smallest absolute Gasteiger partial charge is 0.422 e. The third-order valence-electron chi connectivity index (χ3n) is 2.27. The van der Waals surface area contributed by atoms with Gasteiger partial charge in [0.1, 0.15) is 5.75 Å². The molecule has 20 heavy (non-hydrogen) atoms. The van der Waals surface area contributed by atoms with Gasteiger partial charge in [-0.3, -0.25) is 4.99 Å². The predicted octanol–water partition coefficient (Wildman–Crippen LogP) is 2.54. The number of nitrogens with zero attached hydrogens (tertiary/aromatic N) is 1. The average Bonchev–Trinajstić information content (AvgIpc) is 2.38. The van der Waals surface area contributed by atoms with Crippen LogP contribution in [0.5, 0.6) is 5.75 Å². The predicted molar refractivity (Wildman–Crippen MR) is 82.7 cm³/mol. The topological polar surface area (TPSA) is 45.7 Å². The van der Waals surface area contributed by atoms with Crippen LogP contribution in [0.3, 0.4) is 0 Å². The fourth-order valence-corrected chi connectivity index (χ4v) is 1.41. The first-order chi connectivity index (χ1) is 8.96. The summed E-state index contributed by atoms with van der Waals surface area (Å²) in [5.74, 6) is 0.754. The number of ether oxygens (including phenoxy) is 1. The molecule has 0 atom stereocenters. The van der Waals surface area contributed by atoms with E-state index in [-0.39, 0.29) is 29.7 Å². The van der Waals surface area contributed by atoms with E-state index in [1.54, 1.807) is 32.3 Å². The van der Waals surface area contributed by atoms with Crippen molar-refractivity contribution in [2.75, 3.05) is 20.7 Å². The summed E-state index contributed by atoms with van der Waals surface area (Å²) in [5, 5.41) is 5.77. The molecule has 0 saturated carbocycles. The van der Waals surface area contributed by atoms with E-state index < -0.39 is 12.8 Å². The molecule has 0 aromatic heterocycles. The highest BCUT2D eigenvalue weighted by atomic mass is 127. The van der Waals surface area contributed by atoms with Gasteiger partial charge in [0.05, 0.1) is 0 Å². The van der Waals surface area contributed by atoms with E-state index in [1.807, 2.05) is 0 Å².